The van der Waals surface area contributed by atoms with Gasteiger partial charge < -0.3 is 24.1 Å². The second kappa shape index (κ2) is 8.35. The van der Waals surface area contributed by atoms with Gasteiger partial charge in [0.25, 0.3) is 0 Å². The number of nitrogens with one attached hydrogen (secondary N) is 1. The zero-order valence-corrected chi connectivity index (χ0v) is 17.9. The van der Waals surface area contributed by atoms with E-state index >= 15 is 0 Å². The first-order valence-corrected chi connectivity index (χ1v) is 10.3. The number of anilines is 2. The Labute approximate surface area is 184 Å². The molecule has 0 amide bonds. The molecule has 4 aromatic rings. The number of imidazole rings is 1. The van der Waals surface area contributed by atoms with Crippen LogP contribution in [0.4, 0.5) is 11.8 Å². The zero-order valence-electron chi connectivity index (χ0n) is 17.9. The lowest BCUT2D eigenvalue weighted by molar-refractivity contribution is 0.112. The Bertz CT molecular complexity index is 1230. The fraction of sp³-hybridized carbons (Fsp3) is 0.333. The first-order chi connectivity index (χ1) is 15.6. The van der Waals surface area contributed by atoms with Crippen molar-refractivity contribution in [3.63, 3.8) is 0 Å². The molecule has 164 valence electrons. The molecular formula is C21H23N9O2. The SMILES string of the molecule is CN(Cc1nc2c(N3CCOCC3)nc(-c3ccc[nH]3)nc2n1C)c1ncc(C=O)cn1. The summed E-state index contributed by atoms with van der Waals surface area (Å²) in [7, 11) is 3.83. The van der Waals surface area contributed by atoms with E-state index < -0.39 is 0 Å². The van der Waals surface area contributed by atoms with Gasteiger partial charge in [0.05, 0.1) is 31.0 Å². The number of hydrogen-bond acceptors (Lipinski definition) is 9. The molecule has 0 aliphatic carbocycles. The molecule has 1 N–H and O–H groups in total. The van der Waals surface area contributed by atoms with Crippen LogP contribution >= 0.6 is 0 Å². The Hall–Kier alpha value is -3.86. The highest BCUT2D eigenvalue weighted by Crippen LogP contribution is 2.28. The average molecular weight is 433 g/mol. The van der Waals surface area contributed by atoms with Gasteiger partial charge in [-0.1, -0.05) is 0 Å². The second-order valence-electron chi connectivity index (χ2n) is 7.60. The highest BCUT2D eigenvalue weighted by molar-refractivity contribution is 5.86. The lowest BCUT2D eigenvalue weighted by atomic mass is 10.3. The number of aromatic amines is 1. The minimum Gasteiger partial charge on any atom is -0.378 e. The van der Waals surface area contributed by atoms with Gasteiger partial charge >= 0.3 is 0 Å². The molecule has 11 nitrogen and oxygen atoms in total. The molecule has 0 radical (unpaired) electrons. The monoisotopic (exact) mass is 433 g/mol. The fourth-order valence-electron chi connectivity index (χ4n) is 3.69. The Kier molecular flexibility index (Phi) is 5.23. The molecule has 0 atom stereocenters. The molecule has 0 unspecified atom stereocenters. The van der Waals surface area contributed by atoms with Gasteiger partial charge in [0, 0.05) is 45.8 Å². The van der Waals surface area contributed by atoms with E-state index in [9.17, 15) is 4.79 Å². The van der Waals surface area contributed by atoms with Crippen LogP contribution < -0.4 is 9.80 Å². The Morgan fingerprint density at radius 2 is 1.97 bits per heavy atom. The molecule has 32 heavy (non-hydrogen) atoms. The minimum absolute atomic E-state index is 0.437. The number of aromatic nitrogens is 7. The number of rotatable bonds is 6. The van der Waals surface area contributed by atoms with E-state index in [1.807, 2.05) is 41.9 Å². The maximum Gasteiger partial charge on any atom is 0.225 e. The van der Waals surface area contributed by atoms with E-state index in [1.54, 1.807) is 0 Å². The molecule has 0 bridgehead atoms. The standard InChI is InChI=1S/C21H23N9O2/c1-28(21-23-10-14(13-31)11-24-21)12-16-25-17-19(29(16)2)26-18(15-4-3-5-22-15)27-20(17)30-6-8-32-9-7-30/h3-5,10-11,13,22H,6-9,12H2,1-2H3. The van der Waals surface area contributed by atoms with Crippen LogP contribution in [0, 0.1) is 0 Å². The normalized spacial score (nSPS) is 14.1. The van der Waals surface area contributed by atoms with Crippen molar-refractivity contribution in [1.82, 2.24) is 34.5 Å². The van der Waals surface area contributed by atoms with E-state index in [-0.39, 0.29) is 0 Å². The summed E-state index contributed by atoms with van der Waals surface area (Å²) in [6.07, 6.45) is 5.59. The van der Waals surface area contributed by atoms with Gasteiger partial charge in [0.2, 0.25) is 5.95 Å². The number of carbonyl (C=O) groups excluding carboxylic acids is 1. The van der Waals surface area contributed by atoms with Gasteiger partial charge in [-0.25, -0.2) is 24.9 Å². The highest BCUT2D eigenvalue weighted by atomic mass is 16.5. The van der Waals surface area contributed by atoms with Gasteiger partial charge in [0.1, 0.15) is 5.82 Å². The van der Waals surface area contributed by atoms with Crippen LogP contribution in [0.3, 0.4) is 0 Å². The van der Waals surface area contributed by atoms with Crippen molar-refractivity contribution in [1.29, 1.82) is 0 Å². The number of hydrogen-bond donors (Lipinski definition) is 1. The molecule has 0 spiro atoms. The third kappa shape index (κ3) is 3.66. The van der Waals surface area contributed by atoms with Crippen molar-refractivity contribution < 1.29 is 9.53 Å². The molecule has 5 heterocycles. The second-order valence-corrected chi connectivity index (χ2v) is 7.60. The molecule has 5 rings (SSSR count). The van der Waals surface area contributed by atoms with E-state index in [4.69, 9.17) is 19.7 Å². The minimum atomic E-state index is 0.437. The number of aryl methyl sites for hydroxylation is 1. The first kappa shape index (κ1) is 20.1. The van der Waals surface area contributed by atoms with Crippen LogP contribution in [0.15, 0.2) is 30.7 Å². The summed E-state index contributed by atoms with van der Waals surface area (Å²) in [4.78, 5) is 41.2. The van der Waals surface area contributed by atoms with Crippen LogP contribution in [-0.2, 0) is 18.3 Å². The highest BCUT2D eigenvalue weighted by Gasteiger charge is 2.23. The van der Waals surface area contributed by atoms with Gasteiger partial charge in [-0.2, -0.15) is 0 Å². The number of carbonyl (C=O) groups is 1. The van der Waals surface area contributed by atoms with E-state index in [2.05, 4.69) is 19.9 Å². The Balaban J connectivity index is 1.55. The summed E-state index contributed by atoms with van der Waals surface area (Å²) >= 11 is 0. The van der Waals surface area contributed by atoms with Crippen molar-refractivity contribution >= 4 is 29.2 Å². The van der Waals surface area contributed by atoms with E-state index in [1.165, 1.54) is 12.4 Å². The van der Waals surface area contributed by atoms with Crippen molar-refractivity contribution in [3.05, 3.63) is 42.1 Å². The van der Waals surface area contributed by atoms with E-state index in [0.29, 0.717) is 37.1 Å². The average Bonchev–Trinajstić information content (AvgIpc) is 3.48. The molecule has 4 aromatic heterocycles. The van der Waals surface area contributed by atoms with Crippen LogP contribution in [0.2, 0.25) is 0 Å². The summed E-state index contributed by atoms with van der Waals surface area (Å²) in [5, 5.41) is 0. The van der Waals surface area contributed by atoms with Gasteiger partial charge in [0.15, 0.2) is 29.1 Å². The molecule has 1 fully saturated rings. The van der Waals surface area contributed by atoms with Crippen molar-refractivity contribution in [2.75, 3.05) is 43.2 Å². The lowest BCUT2D eigenvalue weighted by Crippen LogP contribution is -2.37. The number of fused-ring (bicyclic) bond motifs is 1. The van der Waals surface area contributed by atoms with Gasteiger partial charge in [-0.3, -0.25) is 4.79 Å². The van der Waals surface area contributed by atoms with E-state index in [0.717, 1.165) is 47.9 Å². The predicted octanol–water partition coefficient (Wildman–Crippen LogP) is 1.43. The molecule has 11 heteroatoms. The Morgan fingerprint density at radius 1 is 1.19 bits per heavy atom. The number of aldehydes is 1. The van der Waals surface area contributed by atoms with Crippen molar-refractivity contribution in [3.8, 4) is 11.5 Å². The van der Waals surface area contributed by atoms with Crippen LogP contribution in [0.25, 0.3) is 22.7 Å². The smallest absolute Gasteiger partial charge is 0.225 e. The molecule has 1 aliphatic rings. The summed E-state index contributed by atoms with van der Waals surface area (Å²) < 4.78 is 7.50. The predicted molar refractivity (Wildman–Crippen MR) is 119 cm³/mol. The molecule has 0 aromatic carbocycles. The number of H-pyrrole nitrogens is 1. The molecular weight excluding hydrogens is 410 g/mol. The molecule has 0 saturated carbocycles. The van der Waals surface area contributed by atoms with Crippen molar-refractivity contribution in [2.45, 2.75) is 6.54 Å². The number of nitrogens with zero attached hydrogens (tertiary/aromatic N) is 8. The fourth-order valence-corrected chi connectivity index (χ4v) is 3.69. The lowest BCUT2D eigenvalue weighted by Gasteiger charge is -2.28. The van der Waals surface area contributed by atoms with Gasteiger partial charge in [-0.05, 0) is 12.1 Å². The van der Waals surface area contributed by atoms with Gasteiger partial charge in [-0.15, -0.1) is 0 Å². The summed E-state index contributed by atoms with van der Waals surface area (Å²) in [5.74, 6) is 2.74. The largest absolute Gasteiger partial charge is 0.378 e. The van der Waals surface area contributed by atoms with Crippen LogP contribution in [0.1, 0.15) is 16.2 Å². The third-order valence-electron chi connectivity index (χ3n) is 5.46. The first-order valence-electron chi connectivity index (χ1n) is 10.3. The molecule has 1 aliphatic heterocycles. The zero-order chi connectivity index (χ0) is 22.1. The summed E-state index contributed by atoms with van der Waals surface area (Å²) in [5.41, 5.74) is 2.80. The van der Waals surface area contributed by atoms with Crippen LogP contribution in [0.5, 0.6) is 0 Å². The van der Waals surface area contributed by atoms with Crippen LogP contribution in [-0.4, -0.2) is 74.1 Å². The molecule has 1 saturated heterocycles. The summed E-state index contributed by atoms with van der Waals surface area (Å²) in [6.45, 7) is 3.27. The topological polar surface area (TPSA) is 118 Å². The maximum atomic E-state index is 10.9. The van der Waals surface area contributed by atoms with Crippen molar-refractivity contribution in [2.24, 2.45) is 7.05 Å². The number of ether oxygens (including phenoxy) is 1. The third-order valence-corrected chi connectivity index (χ3v) is 5.46. The maximum absolute atomic E-state index is 10.9. The summed E-state index contributed by atoms with van der Waals surface area (Å²) in [6, 6.07) is 3.88. The Morgan fingerprint density at radius 3 is 2.66 bits per heavy atom. The quantitative estimate of drug-likeness (QED) is 0.451. The number of morpholine rings is 1.